The van der Waals surface area contributed by atoms with Gasteiger partial charge in [0.25, 0.3) is 0 Å². The van der Waals surface area contributed by atoms with Crippen molar-refractivity contribution in [2.45, 2.75) is 33.2 Å². The van der Waals surface area contributed by atoms with Gasteiger partial charge >= 0.3 is 0 Å². The zero-order valence-corrected chi connectivity index (χ0v) is 12.9. The van der Waals surface area contributed by atoms with Gasteiger partial charge in [-0.05, 0) is 43.7 Å². The van der Waals surface area contributed by atoms with Gasteiger partial charge in [-0.1, -0.05) is 24.6 Å². The molecule has 21 heavy (non-hydrogen) atoms. The van der Waals surface area contributed by atoms with E-state index in [2.05, 4.69) is 42.3 Å². The largest absolute Gasteiger partial charge is 0.493 e. The molecule has 0 saturated carbocycles. The maximum absolute atomic E-state index is 5.97. The summed E-state index contributed by atoms with van der Waals surface area (Å²) in [7, 11) is 0. The minimum absolute atomic E-state index is 0.688. The SMILES string of the molecule is CCCNCc1cc(C)ccc1OCCc1ccncc1. The lowest BCUT2D eigenvalue weighted by Gasteiger charge is -2.13. The molecule has 0 unspecified atom stereocenters. The summed E-state index contributed by atoms with van der Waals surface area (Å²) in [4.78, 5) is 4.03. The molecule has 0 spiro atoms. The van der Waals surface area contributed by atoms with Crippen LogP contribution in [0.1, 0.15) is 30.0 Å². The molecule has 3 nitrogen and oxygen atoms in total. The first-order valence-electron chi connectivity index (χ1n) is 7.61. The zero-order valence-electron chi connectivity index (χ0n) is 12.9. The molecule has 1 aromatic heterocycles. The Kier molecular flexibility index (Phi) is 6.22. The fourth-order valence-corrected chi connectivity index (χ4v) is 2.22. The number of hydrogen-bond acceptors (Lipinski definition) is 3. The highest BCUT2D eigenvalue weighted by atomic mass is 16.5. The molecule has 0 radical (unpaired) electrons. The number of rotatable bonds is 8. The van der Waals surface area contributed by atoms with Gasteiger partial charge in [0.15, 0.2) is 0 Å². The van der Waals surface area contributed by atoms with Gasteiger partial charge in [-0.25, -0.2) is 0 Å². The smallest absolute Gasteiger partial charge is 0.123 e. The molecule has 0 saturated heterocycles. The summed E-state index contributed by atoms with van der Waals surface area (Å²) in [6.07, 6.45) is 5.69. The summed E-state index contributed by atoms with van der Waals surface area (Å²) in [5.41, 5.74) is 3.76. The molecule has 1 N–H and O–H groups in total. The van der Waals surface area contributed by atoms with Crippen molar-refractivity contribution < 1.29 is 4.74 Å². The van der Waals surface area contributed by atoms with Crippen LogP contribution in [-0.2, 0) is 13.0 Å². The molecule has 3 heteroatoms. The third-order valence-electron chi connectivity index (χ3n) is 3.36. The maximum atomic E-state index is 5.97. The van der Waals surface area contributed by atoms with E-state index in [0.29, 0.717) is 6.61 Å². The Balaban J connectivity index is 1.92. The first kappa shape index (κ1) is 15.5. The van der Waals surface area contributed by atoms with E-state index in [9.17, 15) is 0 Å². The van der Waals surface area contributed by atoms with Gasteiger partial charge in [0.2, 0.25) is 0 Å². The van der Waals surface area contributed by atoms with Crippen molar-refractivity contribution in [3.8, 4) is 5.75 Å². The molecule has 2 rings (SSSR count). The topological polar surface area (TPSA) is 34.1 Å². The quantitative estimate of drug-likeness (QED) is 0.753. The van der Waals surface area contributed by atoms with Crippen LogP contribution in [0.3, 0.4) is 0 Å². The first-order chi connectivity index (χ1) is 10.3. The number of hydrogen-bond donors (Lipinski definition) is 1. The molecule has 2 aromatic rings. The number of nitrogens with one attached hydrogen (secondary N) is 1. The van der Waals surface area contributed by atoms with Crippen LogP contribution in [0.15, 0.2) is 42.7 Å². The van der Waals surface area contributed by atoms with Gasteiger partial charge in [-0.15, -0.1) is 0 Å². The summed E-state index contributed by atoms with van der Waals surface area (Å²) < 4.78 is 5.97. The van der Waals surface area contributed by atoms with Crippen LogP contribution in [0.4, 0.5) is 0 Å². The van der Waals surface area contributed by atoms with E-state index in [1.807, 2.05) is 24.5 Å². The van der Waals surface area contributed by atoms with Crippen LogP contribution < -0.4 is 10.1 Å². The number of aryl methyl sites for hydroxylation is 1. The predicted octanol–water partition coefficient (Wildman–Crippen LogP) is 3.51. The van der Waals surface area contributed by atoms with Crippen LogP contribution in [0, 0.1) is 6.92 Å². The summed E-state index contributed by atoms with van der Waals surface area (Å²) >= 11 is 0. The van der Waals surface area contributed by atoms with Crippen molar-refractivity contribution in [2.75, 3.05) is 13.2 Å². The van der Waals surface area contributed by atoms with Crippen molar-refractivity contribution in [1.82, 2.24) is 10.3 Å². The molecule has 0 amide bonds. The van der Waals surface area contributed by atoms with Crippen LogP contribution in [0.2, 0.25) is 0 Å². The molecule has 0 fully saturated rings. The second-order valence-corrected chi connectivity index (χ2v) is 5.24. The molecule has 0 aliphatic rings. The van der Waals surface area contributed by atoms with E-state index < -0.39 is 0 Å². The summed E-state index contributed by atoms with van der Waals surface area (Å²) in [6, 6.07) is 10.4. The average molecular weight is 284 g/mol. The van der Waals surface area contributed by atoms with Gasteiger partial charge in [0, 0.05) is 30.9 Å². The zero-order chi connectivity index (χ0) is 14.9. The number of pyridine rings is 1. The van der Waals surface area contributed by atoms with Gasteiger partial charge in [0.05, 0.1) is 6.61 Å². The number of nitrogens with zero attached hydrogens (tertiary/aromatic N) is 1. The van der Waals surface area contributed by atoms with Crippen molar-refractivity contribution in [3.63, 3.8) is 0 Å². The third-order valence-corrected chi connectivity index (χ3v) is 3.36. The lowest BCUT2D eigenvalue weighted by molar-refractivity contribution is 0.317. The second kappa shape index (κ2) is 8.42. The third kappa shape index (κ3) is 5.20. The highest BCUT2D eigenvalue weighted by Gasteiger charge is 2.04. The summed E-state index contributed by atoms with van der Waals surface area (Å²) in [5, 5.41) is 3.44. The molecule has 1 heterocycles. The average Bonchev–Trinajstić information content (AvgIpc) is 2.51. The number of ether oxygens (including phenoxy) is 1. The van der Waals surface area contributed by atoms with E-state index in [1.165, 1.54) is 16.7 Å². The first-order valence-corrected chi connectivity index (χ1v) is 7.61. The van der Waals surface area contributed by atoms with Crippen LogP contribution >= 0.6 is 0 Å². The van der Waals surface area contributed by atoms with Crippen molar-refractivity contribution in [1.29, 1.82) is 0 Å². The Morgan fingerprint density at radius 2 is 1.95 bits per heavy atom. The molecular formula is C18H24N2O. The minimum Gasteiger partial charge on any atom is -0.493 e. The second-order valence-electron chi connectivity index (χ2n) is 5.24. The summed E-state index contributed by atoms with van der Waals surface area (Å²) in [6.45, 7) is 6.87. The lowest BCUT2D eigenvalue weighted by Crippen LogP contribution is -2.15. The van der Waals surface area contributed by atoms with Gasteiger partial charge < -0.3 is 10.1 Å². The molecule has 1 aromatic carbocycles. The Bertz CT molecular complexity index is 540. The van der Waals surface area contributed by atoms with Gasteiger partial charge in [-0.3, -0.25) is 4.98 Å². The van der Waals surface area contributed by atoms with Crippen molar-refractivity contribution in [3.05, 3.63) is 59.4 Å². The fourth-order valence-electron chi connectivity index (χ4n) is 2.22. The van der Waals surface area contributed by atoms with Crippen LogP contribution in [0.25, 0.3) is 0 Å². The summed E-state index contributed by atoms with van der Waals surface area (Å²) in [5.74, 6) is 0.984. The fraction of sp³-hybridized carbons (Fsp3) is 0.389. The molecule has 0 bridgehead atoms. The number of benzene rings is 1. The Hall–Kier alpha value is -1.87. The van der Waals surface area contributed by atoms with E-state index in [-0.39, 0.29) is 0 Å². The Labute approximate surface area is 127 Å². The van der Waals surface area contributed by atoms with E-state index >= 15 is 0 Å². The van der Waals surface area contributed by atoms with Crippen LogP contribution in [0.5, 0.6) is 5.75 Å². The van der Waals surface area contributed by atoms with E-state index in [0.717, 1.165) is 31.7 Å². The molecule has 0 aliphatic carbocycles. The van der Waals surface area contributed by atoms with Crippen molar-refractivity contribution >= 4 is 0 Å². The normalized spacial score (nSPS) is 10.6. The predicted molar refractivity (Wildman–Crippen MR) is 86.6 cm³/mol. The van der Waals surface area contributed by atoms with E-state index in [1.54, 1.807) is 0 Å². The van der Waals surface area contributed by atoms with Gasteiger partial charge in [0.1, 0.15) is 5.75 Å². The molecular weight excluding hydrogens is 260 g/mol. The molecule has 0 atom stereocenters. The standard InChI is InChI=1S/C18H24N2O/c1-3-9-20-14-17-13-15(2)4-5-18(17)21-12-8-16-6-10-19-11-7-16/h4-7,10-11,13,20H,3,8-9,12,14H2,1-2H3. The lowest BCUT2D eigenvalue weighted by atomic mass is 10.1. The molecule has 0 aliphatic heterocycles. The Morgan fingerprint density at radius 3 is 2.71 bits per heavy atom. The van der Waals surface area contributed by atoms with E-state index in [4.69, 9.17) is 4.74 Å². The molecule has 112 valence electrons. The van der Waals surface area contributed by atoms with Gasteiger partial charge in [-0.2, -0.15) is 0 Å². The van der Waals surface area contributed by atoms with Crippen molar-refractivity contribution in [2.24, 2.45) is 0 Å². The maximum Gasteiger partial charge on any atom is 0.123 e. The monoisotopic (exact) mass is 284 g/mol. The van der Waals surface area contributed by atoms with Crippen LogP contribution in [-0.4, -0.2) is 18.1 Å². The minimum atomic E-state index is 0.688. The highest BCUT2D eigenvalue weighted by Crippen LogP contribution is 2.20. The highest BCUT2D eigenvalue weighted by molar-refractivity contribution is 5.36. The number of aromatic nitrogens is 1. The Morgan fingerprint density at radius 1 is 1.14 bits per heavy atom.